The highest BCUT2D eigenvalue weighted by molar-refractivity contribution is 7.99. The van der Waals surface area contributed by atoms with Crippen molar-refractivity contribution in [2.24, 2.45) is 5.84 Å². The van der Waals surface area contributed by atoms with Crippen molar-refractivity contribution in [1.29, 1.82) is 0 Å². The zero-order valence-electron chi connectivity index (χ0n) is 9.53. The molecule has 0 fully saturated rings. The molecule has 1 heterocycles. The van der Waals surface area contributed by atoms with Crippen LogP contribution >= 0.6 is 11.8 Å². The molecule has 1 atom stereocenters. The van der Waals surface area contributed by atoms with Crippen molar-refractivity contribution in [1.82, 2.24) is 5.43 Å². The first-order valence-corrected chi connectivity index (χ1v) is 6.80. The molecule has 0 aliphatic carbocycles. The van der Waals surface area contributed by atoms with E-state index in [1.807, 2.05) is 11.8 Å². The largest absolute Gasteiger partial charge is 0.493 e. The molecule has 4 heteroatoms. The zero-order valence-corrected chi connectivity index (χ0v) is 10.3. The molecular formula is C12H18N2OS. The van der Waals surface area contributed by atoms with E-state index in [1.165, 1.54) is 11.1 Å². The molecule has 88 valence electrons. The van der Waals surface area contributed by atoms with Gasteiger partial charge in [0.05, 0.1) is 12.6 Å². The van der Waals surface area contributed by atoms with Crippen molar-refractivity contribution in [3.05, 3.63) is 29.3 Å². The van der Waals surface area contributed by atoms with Gasteiger partial charge in [-0.1, -0.05) is 25.1 Å². The van der Waals surface area contributed by atoms with Crippen LogP contribution in [0.3, 0.4) is 0 Å². The van der Waals surface area contributed by atoms with Crippen molar-refractivity contribution in [2.45, 2.75) is 19.4 Å². The quantitative estimate of drug-likeness (QED) is 0.607. The van der Waals surface area contributed by atoms with Crippen LogP contribution in [0.25, 0.3) is 0 Å². The van der Waals surface area contributed by atoms with Gasteiger partial charge in [0.1, 0.15) is 5.75 Å². The second-order valence-electron chi connectivity index (χ2n) is 3.81. The molecule has 0 saturated carbocycles. The number of rotatable bonds is 5. The average Bonchev–Trinajstić information content (AvgIpc) is 2.78. The van der Waals surface area contributed by atoms with Crippen LogP contribution in [0.2, 0.25) is 0 Å². The van der Waals surface area contributed by atoms with E-state index in [1.54, 1.807) is 0 Å². The third-order valence-corrected chi connectivity index (χ3v) is 3.79. The molecule has 0 radical (unpaired) electrons. The van der Waals surface area contributed by atoms with E-state index in [0.717, 1.165) is 30.3 Å². The number of nitrogens with two attached hydrogens (primary N) is 1. The van der Waals surface area contributed by atoms with Crippen molar-refractivity contribution in [3.63, 3.8) is 0 Å². The van der Waals surface area contributed by atoms with Crippen LogP contribution in [-0.4, -0.2) is 18.1 Å². The van der Waals surface area contributed by atoms with Gasteiger partial charge in [-0.25, -0.2) is 0 Å². The molecule has 0 spiro atoms. The second kappa shape index (κ2) is 5.57. The van der Waals surface area contributed by atoms with Gasteiger partial charge in [0.25, 0.3) is 0 Å². The first kappa shape index (κ1) is 11.8. The third-order valence-electron chi connectivity index (χ3n) is 2.81. The lowest BCUT2D eigenvalue weighted by Crippen LogP contribution is -2.30. The van der Waals surface area contributed by atoms with E-state index in [-0.39, 0.29) is 6.04 Å². The Balaban J connectivity index is 2.21. The highest BCUT2D eigenvalue weighted by Gasteiger charge is 2.21. The summed E-state index contributed by atoms with van der Waals surface area (Å²) in [4.78, 5) is 0. The molecule has 2 rings (SSSR count). The Bertz CT molecular complexity index is 357. The first-order chi connectivity index (χ1) is 7.86. The molecule has 0 saturated heterocycles. The Morgan fingerprint density at radius 2 is 2.44 bits per heavy atom. The van der Waals surface area contributed by atoms with Crippen LogP contribution < -0.4 is 16.0 Å². The summed E-state index contributed by atoms with van der Waals surface area (Å²) >= 11 is 1.88. The molecule has 3 N–H and O–H groups in total. The molecular weight excluding hydrogens is 220 g/mol. The molecule has 1 aliphatic rings. The number of para-hydroxylation sites is 1. The van der Waals surface area contributed by atoms with Gasteiger partial charge < -0.3 is 4.74 Å². The minimum absolute atomic E-state index is 0.179. The van der Waals surface area contributed by atoms with E-state index in [0.29, 0.717) is 0 Å². The highest BCUT2D eigenvalue weighted by atomic mass is 32.2. The summed E-state index contributed by atoms with van der Waals surface area (Å²) in [6.45, 7) is 2.95. The fourth-order valence-corrected chi connectivity index (χ4v) is 2.73. The van der Waals surface area contributed by atoms with E-state index in [4.69, 9.17) is 10.6 Å². The van der Waals surface area contributed by atoms with E-state index >= 15 is 0 Å². The fraction of sp³-hybridized carbons (Fsp3) is 0.500. The number of hydrogen-bond acceptors (Lipinski definition) is 4. The predicted octanol–water partition coefficient (Wildman–Crippen LogP) is 1.88. The van der Waals surface area contributed by atoms with Crippen molar-refractivity contribution < 1.29 is 4.74 Å². The summed E-state index contributed by atoms with van der Waals surface area (Å²) in [5, 5.41) is 0. The monoisotopic (exact) mass is 238 g/mol. The third kappa shape index (κ3) is 2.34. The molecule has 0 amide bonds. The standard InChI is InChI=1S/C12H18N2OS/c1-2-16-8-11(14-13)10-5-3-4-9-6-7-15-12(9)10/h3-5,11,14H,2,6-8,13H2,1H3. The van der Waals surface area contributed by atoms with Gasteiger partial charge in [-0.15, -0.1) is 0 Å². The average molecular weight is 238 g/mol. The molecule has 0 bridgehead atoms. The maximum absolute atomic E-state index is 5.69. The lowest BCUT2D eigenvalue weighted by molar-refractivity contribution is 0.350. The van der Waals surface area contributed by atoms with E-state index in [9.17, 15) is 0 Å². The number of ether oxygens (including phenoxy) is 1. The molecule has 16 heavy (non-hydrogen) atoms. The summed E-state index contributed by atoms with van der Waals surface area (Å²) in [6.07, 6.45) is 1.02. The minimum atomic E-state index is 0.179. The van der Waals surface area contributed by atoms with Crippen molar-refractivity contribution in [3.8, 4) is 5.75 Å². The molecule has 1 aromatic carbocycles. The van der Waals surface area contributed by atoms with Gasteiger partial charge in [-0.2, -0.15) is 11.8 Å². The van der Waals surface area contributed by atoms with Crippen LogP contribution in [0.4, 0.5) is 0 Å². The van der Waals surface area contributed by atoms with Gasteiger partial charge in [0, 0.05) is 17.7 Å². The minimum Gasteiger partial charge on any atom is -0.493 e. The first-order valence-electron chi connectivity index (χ1n) is 5.65. The molecule has 1 aliphatic heterocycles. The lowest BCUT2D eigenvalue weighted by atomic mass is 10.0. The highest BCUT2D eigenvalue weighted by Crippen LogP contribution is 2.34. The summed E-state index contributed by atoms with van der Waals surface area (Å²) < 4.78 is 5.69. The molecule has 3 nitrogen and oxygen atoms in total. The number of fused-ring (bicyclic) bond motifs is 1. The van der Waals surface area contributed by atoms with Gasteiger partial charge >= 0.3 is 0 Å². The second-order valence-corrected chi connectivity index (χ2v) is 5.13. The Kier molecular flexibility index (Phi) is 4.09. The van der Waals surface area contributed by atoms with Crippen LogP contribution in [0.5, 0.6) is 5.75 Å². The van der Waals surface area contributed by atoms with E-state index < -0.39 is 0 Å². The van der Waals surface area contributed by atoms with Crippen LogP contribution in [0.1, 0.15) is 24.1 Å². The Morgan fingerprint density at radius 3 is 3.19 bits per heavy atom. The van der Waals surface area contributed by atoms with Gasteiger partial charge in [0.2, 0.25) is 0 Å². The van der Waals surface area contributed by atoms with Gasteiger partial charge in [-0.05, 0) is 11.3 Å². The number of benzene rings is 1. The molecule has 1 aromatic rings. The Labute approximate surface area is 101 Å². The molecule has 1 unspecified atom stereocenters. The van der Waals surface area contributed by atoms with Gasteiger partial charge in [-0.3, -0.25) is 11.3 Å². The number of hydrazine groups is 1. The predicted molar refractivity (Wildman–Crippen MR) is 68.7 cm³/mol. The summed E-state index contributed by atoms with van der Waals surface area (Å²) in [7, 11) is 0. The summed E-state index contributed by atoms with van der Waals surface area (Å²) in [5.41, 5.74) is 5.38. The SMILES string of the molecule is CCSCC(NN)c1cccc2c1OCC2. The Hall–Kier alpha value is -0.710. The maximum Gasteiger partial charge on any atom is 0.127 e. The van der Waals surface area contributed by atoms with E-state index in [2.05, 4.69) is 30.5 Å². The van der Waals surface area contributed by atoms with Crippen LogP contribution in [0.15, 0.2) is 18.2 Å². The zero-order chi connectivity index (χ0) is 11.4. The summed E-state index contributed by atoms with van der Waals surface area (Å²) in [6, 6.07) is 6.50. The molecule has 0 aromatic heterocycles. The number of nitrogens with one attached hydrogen (secondary N) is 1. The fourth-order valence-electron chi connectivity index (χ4n) is 1.98. The smallest absolute Gasteiger partial charge is 0.127 e. The normalized spacial score (nSPS) is 15.6. The van der Waals surface area contributed by atoms with Gasteiger partial charge in [0.15, 0.2) is 0 Å². The lowest BCUT2D eigenvalue weighted by Gasteiger charge is -2.18. The topological polar surface area (TPSA) is 47.3 Å². The van der Waals surface area contributed by atoms with Crippen molar-refractivity contribution >= 4 is 11.8 Å². The van der Waals surface area contributed by atoms with Crippen LogP contribution in [0, 0.1) is 0 Å². The van der Waals surface area contributed by atoms with Crippen LogP contribution in [-0.2, 0) is 6.42 Å². The number of thioether (sulfide) groups is 1. The summed E-state index contributed by atoms with van der Waals surface area (Å²) in [5.74, 6) is 8.75. The Morgan fingerprint density at radius 1 is 1.56 bits per heavy atom. The number of hydrogen-bond donors (Lipinski definition) is 2. The maximum atomic E-state index is 5.69. The van der Waals surface area contributed by atoms with Crippen molar-refractivity contribution in [2.75, 3.05) is 18.1 Å².